The zero-order valence-corrected chi connectivity index (χ0v) is 14.1. The Hall–Kier alpha value is -1.82. The molecule has 1 aliphatic rings. The first-order valence-electron chi connectivity index (χ1n) is 8.04. The van der Waals surface area contributed by atoms with Crippen molar-refractivity contribution >= 4 is 5.96 Å². The predicted molar refractivity (Wildman–Crippen MR) is 89.3 cm³/mol. The van der Waals surface area contributed by atoms with Crippen molar-refractivity contribution in [1.82, 2.24) is 10.2 Å². The number of rotatable bonds is 6. The van der Waals surface area contributed by atoms with Crippen LogP contribution in [-0.2, 0) is 11.3 Å². The first kappa shape index (κ1) is 17.5. The first-order valence-corrected chi connectivity index (χ1v) is 8.04. The van der Waals surface area contributed by atoms with E-state index in [4.69, 9.17) is 9.47 Å². The number of guanidine groups is 1. The summed E-state index contributed by atoms with van der Waals surface area (Å²) in [5, 5.41) is 3.27. The van der Waals surface area contributed by atoms with E-state index in [2.05, 4.69) is 15.2 Å². The van der Waals surface area contributed by atoms with Gasteiger partial charge in [0.2, 0.25) is 0 Å². The third-order valence-electron chi connectivity index (χ3n) is 3.88. The van der Waals surface area contributed by atoms with E-state index in [1.54, 1.807) is 13.1 Å². The lowest BCUT2D eigenvalue weighted by Crippen LogP contribution is -2.41. The van der Waals surface area contributed by atoms with E-state index < -0.39 is 0 Å². The largest absolute Gasteiger partial charge is 0.491 e. The molecule has 1 heterocycles. The molecule has 6 heteroatoms. The van der Waals surface area contributed by atoms with Gasteiger partial charge in [0.15, 0.2) is 17.5 Å². The van der Waals surface area contributed by atoms with Gasteiger partial charge in [-0.25, -0.2) is 4.39 Å². The summed E-state index contributed by atoms with van der Waals surface area (Å²) in [7, 11) is 3.76. The number of benzene rings is 1. The molecular weight excluding hydrogens is 297 g/mol. The summed E-state index contributed by atoms with van der Waals surface area (Å²) in [6, 6.07) is 5.02. The molecule has 0 amide bonds. The monoisotopic (exact) mass is 323 g/mol. The minimum absolute atomic E-state index is 0.291. The SMILES string of the molecule is CCOc1ccc(CNC(=NC)N(C)CC2CCOC2)cc1F. The smallest absolute Gasteiger partial charge is 0.193 e. The van der Waals surface area contributed by atoms with Crippen LogP contribution in [-0.4, -0.2) is 51.3 Å². The minimum Gasteiger partial charge on any atom is -0.491 e. The second kappa shape index (κ2) is 8.72. The molecule has 0 radical (unpaired) electrons. The van der Waals surface area contributed by atoms with Crippen LogP contribution in [0.5, 0.6) is 5.75 Å². The highest BCUT2D eigenvalue weighted by Gasteiger charge is 2.19. The molecular formula is C17H26FN3O2. The molecule has 1 aromatic rings. The third-order valence-corrected chi connectivity index (χ3v) is 3.88. The molecule has 23 heavy (non-hydrogen) atoms. The Morgan fingerprint density at radius 2 is 2.35 bits per heavy atom. The summed E-state index contributed by atoms with van der Waals surface area (Å²) in [5.41, 5.74) is 0.852. The second-order valence-corrected chi connectivity index (χ2v) is 5.71. The van der Waals surface area contributed by atoms with E-state index in [9.17, 15) is 4.39 Å². The summed E-state index contributed by atoms with van der Waals surface area (Å²) in [6.45, 7) is 5.36. The van der Waals surface area contributed by atoms with Crippen molar-refractivity contribution in [2.75, 3.05) is 40.5 Å². The van der Waals surface area contributed by atoms with E-state index in [1.807, 2.05) is 20.0 Å². The van der Waals surface area contributed by atoms with Gasteiger partial charge in [0, 0.05) is 39.7 Å². The quantitative estimate of drug-likeness (QED) is 0.644. The van der Waals surface area contributed by atoms with E-state index in [-0.39, 0.29) is 5.82 Å². The Labute approximate surface area is 137 Å². The van der Waals surface area contributed by atoms with Crippen molar-refractivity contribution in [1.29, 1.82) is 0 Å². The molecule has 0 aromatic heterocycles. The Bertz CT molecular complexity index is 531. The van der Waals surface area contributed by atoms with Crippen LogP contribution in [0.2, 0.25) is 0 Å². The molecule has 1 fully saturated rings. The van der Waals surface area contributed by atoms with Crippen LogP contribution in [0.4, 0.5) is 4.39 Å². The average Bonchev–Trinajstić information content (AvgIpc) is 3.03. The van der Waals surface area contributed by atoms with E-state index in [0.29, 0.717) is 24.8 Å². The van der Waals surface area contributed by atoms with E-state index >= 15 is 0 Å². The summed E-state index contributed by atoms with van der Waals surface area (Å²) in [6.07, 6.45) is 1.09. The summed E-state index contributed by atoms with van der Waals surface area (Å²) in [4.78, 5) is 6.37. The molecule has 128 valence electrons. The summed E-state index contributed by atoms with van der Waals surface area (Å²) in [5.74, 6) is 1.30. The normalized spacial score (nSPS) is 18.1. The fraction of sp³-hybridized carbons (Fsp3) is 0.588. The van der Waals surface area contributed by atoms with Crippen molar-refractivity contribution in [3.8, 4) is 5.75 Å². The number of nitrogens with one attached hydrogen (secondary N) is 1. The number of nitrogens with zero attached hydrogens (tertiary/aromatic N) is 2. The van der Waals surface area contributed by atoms with Crippen LogP contribution in [0.15, 0.2) is 23.2 Å². The zero-order chi connectivity index (χ0) is 16.7. The molecule has 0 bridgehead atoms. The molecule has 0 saturated carbocycles. The van der Waals surface area contributed by atoms with Crippen LogP contribution >= 0.6 is 0 Å². The highest BCUT2D eigenvalue weighted by Crippen LogP contribution is 2.18. The topological polar surface area (TPSA) is 46.1 Å². The van der Waals surface area contributed by atoms with Crippen LogP contribution in [0.25, 0.3) is 0 Å². The predicted octanol–water partition coefficient (Wildman–Crippen LogP) is 2.27. The van der Waals surface area contributed by atoms with Gasteiger partial charge in [-0.3, -0.25) is 4.99 Å². The van der Waals surface area contributed by atoms with Crippen LogP contribution in [0.3, 0.4) is 0 Å². The fourth-order valence-corrected chi connectivity index (χ4v) is 2.69. The van der Waals surface area contributed by atoms with Gasteiger partial charge >= 0.3 is 0 Å². The Morgan fingerprint density at radius 1 is 1.52 bits per heavy atom. The van der Waals surface area contributed by atoms with Crippen molar-refractivity contribution < 1.29 is 13.9 Å². The Balaban J connectivity index is 1.88. The van der Waals surface area contributed by atoms with Gasteiger partial charge in [-0.15, -0.1) is 0 Å². The maximum atomic E-state index is 13.9. The van der Waals surface area contributed by atoms with Gasteiger partial charge in [0.1, 0.15) is 0 Å². The lowest BCUT2D eigenvalue weighted by atomic mass is 10.1. The number of hydrogen-bond donors (Lipinski definition) is 1. The molecule has 1 N–H and O–H groups in total. The van der Waals surface area contributed by atoms with Gasteiger partial charge in [-0.1, -0.05) is 6.07 Å². The molecule has 1 saturated heterocycles. The van der Waals surface area contributed by atoms with Crippen molar-refractivity contribution in [2.45, 2.75) is 19.9 Å². The first-order chi connectivity index (χ1) is 11.1. The van der Waals surface area contributed by atoms with Gasteiger partial charge in [-0.2, -0.15) is 0 Å². The molecule has 1 aliphatic heterocycles. The average molecular weight is 323 g/mol. The molecule has 5 nitrogen and oxygen atoms in total. The van der Waals surface area contributed by atoms with Crippen molar-refractivity contribution in [2.24, 2.45) is 10.9 Å². The van der Waals surface area contributed by atoms with Crippen molar-refractivity contribution in [3.63, 3.8) is 0 Å². The van der Waals surface area contributed by atoms with Crippen LogP contribution in [0.1, 0.15) is 18.9 Å². The molecule has 0 aliphatic carbocycles. The molecule has 0 spiro atoms. The fourth-order valence-electron chi connectivity index (χ4n) is 2.69. The molecule has 1 unspecified atom stereocenters. The number of ether oxygens (including phenoxy) is 2. The third kappa shape index (κ3) is 5.10. The molecule has 1 atom stereocenters. The zero-order valence-electron chi connectivity index (χ0n) is 14.1. The second-order valence-electron chi connectivity index (χ2n) is 5.71. The van der Waals surface area contributed by atoms with Gasteiger partial charge in [-0.05, 0) is 31.0 Å². The number of aliphatic imine (C=N–C) groups is 1. The summed E-state index contributed by atoms with van der Waals surface area (Å²) < 4.78 is 24.5. The van der Waals surface area contributed by atoms with Crippen LogP contribution < -0.4 is 10.1 Å². The van der Waals surface area contributed by atoms with Gasteiger partial charge in [0.05, 0.1) is 13.2 Å². The standard InChI is InChI=1S/C17H26FN3O2/c1-4-23-16-6-5-13(9-15(16)18)10-20-17(19-2)21(3)11-14-7-8-22-12-14/h5-6,9,14H,4,7-8,10-12H2,1-3H3,(H,19,20). The maximum absolute atomic E-state index is 13.9. The highest BCUT2D eigenvalue weighted by molar-refractivity contribution is 5.79. The number of hydrogen-bond acceptors (Lipinski definition) is 3. The summed E-state index contributed by atoms with van der Waals surface area (Å²) >= 11 is 0. The van der Waals surface area contributed by atoms with Crippen LogP contribution in [0, 0.1) is 11.7 Å². The highest BCUT2D eigenvalue weighted by atomic mass is 19.1. The van der Waals surface area contributed by atoms with Gasteiger partial charge < -0.3 is 19.7 Å². The lowest BCUT2D eigenvalue weighted by molar-refractivity contribution is 0.181. The molecule has 2 rings (SSSR count). The van der Waals surface area contributed by atoms with Crippen molar-refractivity contribution in [3.05, 3.63) is 29.6 Å². The molecule has 1 aromatic carbocycles. The lowest BCUT2D eigenvalue weighted by Gasteiger charge is -2.24. The van der Waals surface area contributed by atoms with Gasteiger partial charge in [0.25, 0.3) is 0 Å². The number of halogens is 1. The van der Waals surface area contributed by atoms with E-state index in [0.717, 1.165) is 37.7 Å². The Morgan fingerprint density at radius 3 is 2.96 bits per heavy atom. The maximum Gasteiger partial charge on any atom is 0.193 e. The Kier molecular flexibility index (Phi) is 6.65. The van der Waals surface area contributed by atoms with E-state index in [1.165, 1.54) is 6.07 Å². The minimum atomic E-state index is -0.336.